The van der Waals surface area contributed by atoms with Gasteiger partial charge < -0.3 is 9.84 Å². The van der Waals surface area contributed by atoms with E-state index in [1.54, 1.807) is 0 Å². The first-order valence-corrected chi connectivity index (χ1v) is 4.63. The molecule has 3 nitrogen and oxygen atoms in total. The normalized spacial score (nSPS) is 38.8. The van der Waals surface area contributed by atoms with Crippen LogP contribution in [0.2, 0.25) is 0 Å². The molecule has 2 aliphatic rings. The van der Waals surface area contributed by atoms with E-state index in [-0.39, 0.29) is 0 Å². The zero-order valence-corrected chi connectivity index (χ0v) is 7.03. The fourth-order valence-corrected chi connectivity index (χ4v) is 2.36. The average Bonchev–Trinajstić information content (AvgIpc) is 2.60. The third-order valence-corrected chi connectivity index (χ3v) is 2.96. The lowest BCUT2D eigenvalue weighted by Crippen LogP contribution is -2.17. The summed E-state index contributed by atoms with van der Waals surface area (Å²) in [6.45, 7) is 0. The molecule has 0 aliphatic carbocycles. The quantitative estimate of drug-likeness (QED) is 0.696. The molecular weight excluding hydrogens is 156 g/mol. The van der Waals surface area contributed by atoms with Crippen LogP contribution < -0.4 is 0 Å². The second kappa shape index (κ2) is 3.05. The van der Waals surface area contributed by atoms with Gasteiger partial charge in [0, 0.05) is 6.42 Å². The SMILES string of the molecule is O=C(O)CCC1CC2CCC1O2. The topological polar surface area (TPSA) is 46.5 Å². The monoisotopic (exact) mass is 170 g/mol. The molecule has 0 aromatic heterocycles. The van der Waals surface area contributed by atoms with Gasteiger partial charge in [0.2, 0.25) is 0 Å². The van der Waals surface area contributed by atoms with Crippen LogP contribution in [0, 0.1) is 5.92 Å². The Morgan fingerprint density at radius 1 is 1.50 bits per heavy atom. The molecule has 2 saturated heterocycles. The van der Waals surface area contributed by atoms with Crippen LogP contribution in [-0.2, 0) is 9.53 Å². The van der Waals surface area contributed by atoms with Gasteiger partial charge in [0.05, 0.1) is 12.2 Å². The molecule has 2 rings (SSSR count). The summed E-state index contributed by atoms with van der Waals surface area (Å²) in [6, 6.07) is 0. The largest absolute Gasteiger partial charge is 0.481 e. The van der Waals surface area contributed by atoms with E-state index in [4.69, 9.17) is 9.84 Å². The van der Waals surface area contributed by atoms with Crippen molar-refractivity contribution < 1.29 is 14.6 Å². The van der Waals surface area contributed by atoms with Gasteiger partial charge in [-0.05, 0) is 31.6 Å². The number of carboxylic acid groups (broad SMARTS) is 1. The standard InChI is InChI=1S/C9H14O3/c10-9(11)4-1-6-5-7-2-3-8(6)12-7/h6-8H,1-5H2,(H,10,11). The number of carboxylic acids is 1. The van der Waals surface area contributed by atoms with Crippen LogP contribution in [0.3, 0.4) is 0 Å². The molecule has 2 bridgehead atoms. The number of ether oxygens (including phenoxy) is 1. The van der Waals surface area contributed by atoms with Crippen molar-refractivity contribution in [1.29, 1.82) is 0 Å². The summed E-state index contributed by atoms with van der Waals surface area (Å²) >= 11 is 0. The van der Waals surface area contributed by atoms with Crippen LogP contribution in [-0.4, -0.2) is 23.3 Å². The Morgan fingerprint density at radius 3 is 2.83 bits per heavy atom. The lowest BCUT2D eigenvalue weighted by atomic mass is 9.86. The molecule has 0 aromatic rings. The van der Waals surface area contributed by atoms with Gasteiger partial charge in [-0.1, -0.05) is 0 Å². The molecule has 3 unspecified atom stereocenters. The maximum Gasteiger partial charge on any atom is 0.303 e. The summed E-state index contributed by atoms with van der Waals surface area (Å²) in [4.78, 5) is 10.3. The van der Waals surface area contributed by atoms with Gasteiger partial charge in [0.15, 0.2) is 0 Å². The molecule has 0 radical (unpaired) electrons. The molecule has 0 amide bonds. The molecule has 2 fully saturated rings. The number of fused-ring (bicyclic) bond motifs is 2. The zero-order chi connectivity index (χ0) is 8.55. The first-order valence-electron chi connectivity index (χ1n) is 4.63. The van der Waals surface area contributed by atoms with Gasteiger partial charge in [-0.3, -0.25) is 4.79 Å². The average molecular weight is 170 g/mol. The van der Waals surface area contributed by atoms with Crippen molar-refractivity contribution in [1.82, 2.24) is 0 Å². The molecule has 2 aliphatic heterocycles. The molecule has 0 aromatic carbocycles. The highest BCUT2D eigenvalue weighted by molar-refractivity contribution is 5.66. The fraction of sp³-hybridized carbons (Fsp3) is 0.889. The first kappa shape index (κ1) is 8.05. The molecule has 0 spiro atoms. The van der Waals surface area contributed by atoms with E-state index < -0.39 is 5.97 Å². The Bertz CT molecular complexity index is 190. The van der Waals surface area contributed by atoms with Gasteiger partial charge >= 0.3 is 5.97 Å². The summed E-state index contributed by atoms with van der Waals surface area (Å²) in [6.07, 6.45) is 5.37. The minimum Gasteiger partial charge on any atom is -0.481 e. The van der Waals surface area contributed by atoms with Crippen molar-refractivity contribution in [2.45, 2.75) is 44.3 Å². The minimum absolute atomic E-state index is 0.303. The van der Waals surface area contributed by atoms with E-state index in [1.165, 1.54) is 6.42 Å². The van der Waals surface area contributed by atoms with Crippen LogP contribution in [0.1, 0.15) is 32.1 Å². The Hall–Kier alpha value is -0.570. The number of aliphatic carboxylic acids is 1. The summed E-state index contributed by atoms with van der Waals surface area (Å²) in [5.74, 6) is -0.155. The number of rotatable bonds is 3. The first-order chi connectivity index (χ1) is 5.75. The molecule has 68 valence electrons. The van der Waals surface area contributed by atoms with Crippen LogP contribution in [0.25, 0.3) is 0 Å². The van der Waals surface area contributed by atoms with Crippen LogP contribution >= 0.6 is 0 Å². The third kappa shape index (κ3) is 1.46. The highest BCUT2D eigenvalue weighted by Gasteiger charge is 2.40. The highest BCUT2D eigenvalue weighted by Crippen LogP contribution is 2.40. The molecule has 2 heterocycles. The molecule has 3 atom stereocenters. The van der Waals surface area contributed by atoms with Crippen molar-refractivity contribution in [2.75, 3.05) is 0 Å². The van der Waals surface area contributed by atoms with Crippen molar-refractivity contribution in [3.8, 4) is 0 Å². The smallest absolute Gasteiger partial charge is 0.303 e. The molecular formula is C9H14O3. The van der Waals surface area contributed by atoms with Gasteiger partial charge in [0.1, 0.15) is 0 Å². The number of hydrogen-bond donors (Lipinski definition) is 1. The lowest BCUT2D eigenvalue weighted by molar-refractivity contribution is -0.137. The number of hydrogen-bond acceptors (Lipinski definition) is 2. The fourth-order valence-electron chi connectivity index (χ4n) is 2.36. The predicted octanol–water partition coefficient (Wildman–Crippen LogP) is 1.42. The maximum atomic E-state index is 10.3. The van der Waals surface area contributed by atoms with Crippen LogP contribution in [0.15, 0.2) is 0 Å². The van der Waals surface area contributed by atoms with E-state index in [0.717, 1.165) is 19.3 Å². The van der Waals surface area contributed by atoms with E-state index in [9.17, 15) is 4.79 Å². The highest BCUT2D eigenvalue weighted by atomic mass is 16.5. The number of carbonyl (C=O) groups is 1. The van der Waals surface area contributed by atoms with Crippen LogP contribution in [0.5, 0.6) is 0 Å². The maximum absolute atomic E-state index is 10.3. The molecule has 1 N–H and O–H groups in total. The van der Waals surface area contributed by atoms with E-state index in [0.29, 0.717) is 24.5 Å². The Kier molecular flexibility index (Phi) is 2.05. The van der Waals surface area contributed by atoms with Gasteiger partial charge in [-0.2, -0.15) is 0 Å². The Morgan fingerprint density at radius 2 is 2.33 bits per heavy atom. The van der Waals surface area contributed by atoms with Crippen molar-refractivity contribution in [3.05, 3.63) is 0 Å². The van der Waals surface area contributed by atoms with Crippen molar-refractivity contribution in [2.24, 2.45) is 5.92 Å². The second-order valence-corrected chi connectivity index (χ2v) is 3.80. The predicted molar refractivity (Wildman–Crippen MR) is 42.9 cm³/mol. The third-order valence-electron chi connectivity index (χ3n) is 2.96. The summed E-state index contributed by atoms with van der Waals surface area (Å²) in [5, 5.41) is 8.50. The lowest BCUT2D eigenvalue weighted by Gasteiger charge is -2.16. The van der Waals surface area contributed by atoms with Gasteiger partial charge in [-0.25, -0.2) is 0 Å². The minimum atomic E-state index is -0.683. The van der Waals surface area contributed by atoms with Gasteiger partial charge in [-0.15, -0.1) is 0 Å². The summed E-state index contributed by atoms with van der Waals surface area (Å²) in [5.41, 5.74) is 0. The van der Waals surface area contributed by atoms with Crippen LogP contribution in [0.4, 0.5) is 0 Å². The Balaban J connectivity index is 1.79. The van der Waals surface area contributed by atoms with E-state index >= 15 is 0 Å². The second-order valence-electron chi connectivity index (χ2n) is 3.80. The van der Waals surface area contributed by atoms with Crippen molar-refractivity contribution >= 4 is 5.97 Å². The summed E-state index contributed by atoms with van der Waals surface area (Å²) < 4.78 is 5.62. The van der Waals surface area contributed by atoms with Gasteiger partial charge in [0.25, 0.3) is 0 Å². The zero-order valence-electron chi connectivity index (χ0n) is 7.03. The van der Waals surface area contributed by atoms with E-state index in [1.807, 2.05) is 0 Å². The molecule has 0 saturated carbocycles. The Labute approximate surface area is 71.7 Å². The van der Waals surface area contributed by atoms with E-state index in [2.05, 4.69) is 0 Å². The summed E-state index contributed by atoms with van der Waals surface area (Å²) in [7, 11) is 0. The van der Waals surface area contributed by atoms with Crippen molar-refractivity contribution in [3.63, 3.8) is 0 Å². The molecule has 3 heteroatoms. The molecule has 12 heavy (non-hydrogen) atoms.